The maximum atomic E-state index is 12.9. The molecule has 10 heteroatoms. The molecule has 9 nitrogen and oxygen atoms in total. The summed E-state index contributed by atoms with van der Waals surface area (Å²) < 4.78 is 16.0. The number of nitro benzene ring substituents is 1. The second kappa shape index (κ2) is 9.38. The van der Waals surface area contributed by atoms with Crippen molar-refractivity contribution in [1.29, 1.82) is 0 Å². The minimum absolute atomic E-state index is 0.00611. The van der Waals surface area contributed by atoms with Gasteiger partial charge in [-0.1, -0.05) is 22.9 Å². The normalized spacial score (nSPS) is 10.5. The minimum Gasteiger partial charge on any atom is -0.481 e. The third kappa shape index (κ3) is 4.98. The van der Waals surface area contributed by atoms with E-state index in [9.17, 15) is 14.9 Å². The number of rotatable bonds is 9. The van der Waals surface area contributed by atoms with Crippen molar-refractivity contribution in [3.8, 4) is 11.8 Å². The third-order valence-corrected chi connectivity index (χ3v) is 3.95. The number of hydrogen-bond donors (Lipinski definition) is 0. The van der Waals surface area contributed by atoms with E-state index in [-0.39, 0.29) is 41.0 Å². The van der Waals surface area contributed by atoms with Gasteiger partial charge in [-0.2, -0.15) is 9.97 Å². The molecule has 0 aliphatic carbocycles. The number of nitrogens with zero attached hydrogens (tertiary/aromatic N) is 3. The monoisotopic (exact) mass is 439 g/mol. The molecule has 0 atom stereocenters. The molecule has 1 aromatic heterocycles. The van der Waals surface area contributed by atoms with E-state index in [1.54, 1.807) is 6.07 Å². The van der Waals surface area contributed by atoms with Crippen molar-refractivity contribution < 1.29 is 23.9 Å². The number of aromatic nitrogens is 2. The molecule has 144 valence electrons. The standard InChI is InChI=1S/C17H18BrN3O6/c1-4-5-27-9-10-6-11(18)7-12(15(10)21(23)24)16(22)17-19-13(25-2)8-14(20-17)26-3/h6-8H,4-5,9H2,1-3H3. The molecule has 0 saturated carbocycles. The largest absolute Gasteiger partial charge is 0.481 e. The predicted molar refractivity (Wildman–Crippen MR) is 99.3 cm³/mol. The van der Waals surface area contributed by atoms with Crippen LogP contribution in [0.25, 0.3) is 0 Å². The molecule has 0 N–H and O–H groups in total. The highest BCUT2D eigenvalue weighted by atomic mass is 79.9. The molecule has 2 aromatic rings. The zero-order valence-electron chi connectivity index (χ0n) is 15.0. The molecule has 0 fully saturated rings. The summed E-state index contributed by atoms with van der Waals surface area (Å²) >= 11 is 3.28. The molecule has 0 spiro atoms. The molecule has 0 aliphatic heterocycles. The number of hydrogen-bond acceptors (Lipinski definition) is 8. The number of ether oxygens (including phenoxy) is 3. The van der Waals surface area contributed by atoms with E-state index in [0.717, 1.165) is 6.42 Å². The smallest absolute Gasteiger partial charge is 0.286 e. The van der Waals surface area contributed by atoms with E-state index in [0.29, 0.717) is 11.1 Å². The van der Waals surface area contributed by atoms with Gasteiger partial charge in [0.2, 0.25) is 23.4 Å². The second-order valence-electron chi connectivity index (χ2n) is 5.38. The molecule has 1 aromatic carbocycles. The SMILES string of the molecule is CCCOCc1cc(Br)cc(C(=O)c2nc(OC)cc(OC)n2)c1[N+](=O)[O-]. The van der Waals surface area contributed by atoms with Gasteiger partial charge < -0.3 is 14.2 Å². The van der Waals surface area contributed by atoms with E-state index in [4.69, 9.17) is 14.2 Å². The van der Waals surface area contributed by atoms with Gasteiger partial charge in [0.15, 0.2) is 0 Å². The Morgan fingerprint density at radius 2 is 1.81 bits per heavy atom. The fourth-order valence-corrected chi connectivity index (χ4v) is 2.82. The molecule has 0 unspecified atom stereocenters. The lowest BCUT2D eigenvalue weighted by Crippen LogP contribution is -2.13. The van der Waals surface area contributed by atoms with E-state index in [1.165, 1.54) is 26.4 Å². The van der Waals surface area contributed by atoms with Crippen LogP contribution >= 0.6 is 15.9 Å². The number of ketones is 1. The van der Waals surface area contributed by atoms with Gasteiger partial charge in [0.05, 0.1) is 37.4 Å². The van der Waals surface area contributed by atoms with Crippen LogP contribution in [-0.4, -0.2) is 41.5 Å². The summed E-state index contributed by atoms with van der Waals surface area (Å²) in [4.78, 5) is 32.0. The Morgan fingerprint density at radius 1 is 1.19 bits per heavy atom. The first-order valence-electron chi connectivity index (χ1n) is 7.97. The molecule has 0 bridgehead atoms. The topological polar surface area (TPSA) is 114 Å². The second-order valence-corrected chi connectivity index (χ2v) is 6.29. The van der Waals surface area contributed by atoms with Gasteiger partial charge in [-0.15, -0.1) is 0 Å². The quantitative estimate of drug-likeness (QED) is 0.253. The molecule has 0 amide bonds. The first-order valence-corrected chi connectivity index (χ1v) is 8.76. The Morgan fingerprint density at radius 3 is 2.33 bits per heavy atom. The zero-order chi connectivity index (χ0) is 20.0. The van der Waals surface area contributed by atoms with Crippen LogP contribution in [0.3, 0.4) is 0 Å². The molecule has 27 heavy (non-hydrogen) atoms. The maximum Gasteiger partial charge on any atom is 0.286 e. The fourth-order valence-electron chi connectivity index (χ4n) is 2.32. The molecule has 2 rings (SSSR count). The molecule has 0 aliphatic rings. The van der Waals surface area contributed by atoms with Gasteiger partial charge in [0.1, 0.15) is 5.56 Å². The molecular weight excluding hydrogens is 422 g/mol. The van der Waals surface area contributed by atoms with E-state index in [1.807, 2.05) is 6.92 Å². The van der Waals surface area contributed by atoms with Gasteiger partial charge in [-0.05, 0) is 18.6 Å². The summed E-state index contributed by atoms with van der Waals surface area (Å²) in [6.07, 6.45) is 0.769. The van der Waals surface area contributed by atoms with Gasteiger partial charge >= 0.3 is 0 Å². The average Bonchev–Trinajstić information content (AvgIpc) is 2.66. The van der Waals surface area contributed by atoms with Crippen molar-refractivity contribution in [3.05, 3.63) is 49.7 Å². The first-order chi connectivity index (χ1) is 12.9. The summed E-state index contributed by atoms with van der Waals surface area (Å²) in [7, 11) is 2.75. The van der Waals surface area contributed by atoms with Gasteiger partial charge in [0, 0.05) is 11.1 Å². The molecular formula is C17H18BrN3O6. The maximum absolute atomic E-state index is 12.9. The highest BCUT2D eigenvalue weighted by Crippen LogP contribution is 2.31. The number of carbonyl (C=O) groups is 1. The number of carbonyl (C=O) groups excluding carboxylic acids is 1. The van der Waals surface area contributed by atoms with Crippen LogP contribution in [0, 0.1) is 10.1 Å². The molecule has 1 heterocycles. The molecule has 0 radical (unpaired) electrons. The highest BCUT2D eigenvalue weighted by Gasteiger charge is 2.28. The number of halogens is 1. The van der Waals surface area contributed by atoms with Crippen molar-refractivity contribution in [2.45, 2.75) is 20.0 Å². The van der Waals surface area contributed by atoms with E-state index in [2.05, 4.69) is 25.9 Å². The van der Waals surface area contributed by atoms with Crippen molar-refractivity contribution in [2.75, 3.05) is 20.8 Å². The summed E-state index contributed by atoms with van der Waals surface area (Å²) in [5.74, 6) is -0.784. The van der Waals surface area contributed by atoms with Gasteiger partial charge in [0.25, 0.3) is 5.69 Å². The van der Waals surface area contributed by atoms with Crippen LogP contribution < -0.4 is 9.47 Å². The Balaban J connectivity index is 2.56. The van der Waals surface area contributed by atoms with Crippen LogP contribution in [-0.2, 0) is 11.3 Å². The van der Waals surface area contributed by atoms with Crippen molar-refractivity contribution >= 4 is 27.4 Å². The minimum atomic E-state index is -0.725. The van der Waals surface area contributed by atoms with Crippen LogP contribution in [0.5, 0.6) is 11.8 Å². The van der Waals surface area contributed by atoms with E-state index < -0.39 is 10.7 Å². The van der Waals surface area contributed by atoms with E-state index >= 15 is 0 Å². The summed E-state index contributed by atoms with van der Waals surface area (Å²) in [5, 5.41) is 11.7. The van der Waals surface area contributed by atoms with Crippen molar-refractivity contribution in [1.82, 2.24) is 9.97 Å². The Bertz CT molecular complexity index is 837. The third-order valence-electron chi connectivity index (χ3n) is 3.49. The van der Waals surface area contributed by atoms with Crippen molar-refractivity contribution in [3.63, 3.8) is 0 Å². The van der Waals surface area contributed by atoms with Crippen LogP contribution in [0.15, 0.2) is 22.7 Å². The van der Waals surface area contributed by atoms with Crippen LogP contribution in [0.1, 0.15) is 35.1 Å². The Labute approximate surface area is 164 Å². The summed E-state index contributed by atoms with van der Waals surface area (Å²) in [6.45, 7) is 2.38. The highest BCUT2D eigenvalue weighted by molar-refractivity contribution is 9.10. The number of benzene rings is 1. The van der Waals surface area contributed by atoms with Crippen molar-refractivity contribution in [2.24, 2.45) is 0 Å². The number of nitro groups is 1. The summed E-state index contributed by atoms with van der Waals surface area (Å²) in [6, 6.07) is 4.31. The lowest BCUT2D eigenvalue weighted by atomic mass is 10.0. The molecule has 0 saturated heterocycles. The van der Waals surface area contributed by atoms with Crippen LogP contribution in [0.2, 0.25) is 0 Å². The average molecular weight is 440 g/mol. The lowest BCUT2D eigenvalue weighted by Gasteiger charge is -2.10. The van der Waals surface area contributed by atoms with Crippen LogP contribution in [0.4, 0.5) is 5.69 Å². The first kappa shape index (κ1) is 20.7. The Hall–Kier alpha value is -2.59. The predicted octanol–water partition coefficient (Wildman–Crippen LogP) is 3.32. The zero-order valence-corrected chi connectivity index (χ0v) is 16.6. The Kier molecular flexibility index (Phi) is 7.19. The fraction of sp³-hybridized carbons (Fsp3) is 0.353. The van der Waals surface area contributed by atoms with Gasteiger partial charge in [-0.25, -0.2) is 0 Å². The summed E-state index contributed by atoms with van der Waals surface area (Å²) in [5.41, 5.74) is -0.217. The lowest BCUT2D eigenvalue weighted by molar-refractivity contribution is -0.386. The number of methoxy groups -OCH3 is 2. The van der Waals surface area contributed by atoms with Gasteiger partial charge in [-0.3, -0.25) is 14.9 Å².